The lowest BCUT2D eigenvalue weighted by molar-refractivity contribution is -0.126. The SMILES string of the molecule is CC(C(=O)NCCN1CCOCC1)C1CCN(C(=O)c2ccc3nc(-c4ccccc4)oc3c2)CC1. The molecule has 2 aliphatic rings. The topological polar surface area (TPSA) is 87.9 Å². The Morgan fingerprint density at radius 2 is 1.81 bits per heavy atom. The van der Waals surface area contributed by atoms with Gasteiger partial charge in [-0.05, 0) is 49.1 Å². The Morgan fingerprint density at radius 1 is 1.06 bits per heavy atom. The number of morpholine rings is 1. The minimum absolute atomic E-state index is 0.00405. The molecule has 8 heteroatoms. The number of rotatable bonds is 7. The zero-order valence-electron chi connectivity index (χ0n) is 20.8. The fraction of sp³-hybridized carbons (Fsp3) is 0.464. The molecule has 2 aromatic carbocycles. The number of likely N-dealkylation sites (tertiary alicyclic amines) is 1. The van der Waals surface area contributed by atoms with Crippen LogP contribution in [0.5, 0.6) is 0 Å². The number of nitrogens with one attached hydrogen (secondary N) is 1. The number of piperidine rings is 1. The van der Waals surface area contributed by atoms with Gasteiger partial charge in [0, 0.05) is 56.3 Å². The van der Waals surface area contributed by atoms with E-state index < -0.39 is 0 Å². The van der Waals surface area contributed by atoms with Gasteiger partial charge in [-0.15, -0.1) is 0 Å². The minimum Gasteiger partial charge on any atom is -0.436 e. The van der Waals surface area contributed by atoms with Crippen LogP contribution in [0.25, 0.3) is 22.6 Å². The molecule has 3 aromatic rings. The maximum atomic E-state index is 13.2. The van der Waals surface area contributed by atoms with Crippen molar-refractivity contribution in [3.05, 3.63) is 54.1 Å². The van der Waals surface area contributed by atoms with Crippen LogP contribution in [0, 0.1) is 11.8 Å². The van der Waals surface area contributed by atoms with Crippen LogP contribution in [0.4, 0.5) is 0 Å². The Labute approximate surface area is 211 Å². The van der Waals surface area contributed by atoms with Crippen LogP contribution < -0.4 is 5.32 Å². The van der Waals surface area contributed by atoms with Crippen molar-refractivity contribution >= 4 is 22.9 Å². The number of ether oxygens (including phenoxy) is 1. The smallest absolute Gasteiger partial charge is 0.253 e. The summed E-state index contributed by atoms with van der Waals surface area (Å²) in [6.07, 6.45) is 1.65. The van der Waals surface area contributed by atoms with Crippen molar-refractivity contribution in [1.29, 1.82) is 0 Å². The van der Waals surface area contributed by atoms with Crippen molar-refractivity contribution in [3.8, 4) is 11.5 Å². The average Bonchev–Trinajstić information content (AvgIpc) is 3.37. The number of hydrogen-bond acceptors (Lipinski definition) is 6. The molecule has 1 unspecified atom stereocenters. The summed E-state index contributed by atoms with van der Waals surface area (Å²) in [6, 6.07) is 15.2. The Kier molecular flexibility index (Phi) is 7.63. The monoisotopic (exact) mass is 490 g/mol. The summed E-state index contributed by atoms with van der Waals surface area (Å²) in [6.45, 7) is 8.22. The van der Waals surface area contributed by atoms with Crippen LogP contribution >= 0.6 is 0 Å². The van der Waals surface area contributed by atoms with Gasteiger partial charge in [-0.25, -0.2) is 4.98 Å². The van der Waals surface area contributed by atoms with Gasteiger partial charge in [-0.2, -0.15) is 0 Å². The molecule has 2 aliphatic heterocycles. The molecule has 2 fully saturated rings. The van der Waals surface area contributed by atoms with Crippen molar-refractivity contribution < 1.29 is 18.7 Å². The predicted octanol–water partition coefficient (Wildman–Crippen LogP) is 3.43. The Balaban J connectivity index is 1.13. The van der Waals surface area contributed by atoms with Crippen LogP contribution in [0.1, 0.15) is 30.1 Å². The van der Waals surface area contributed by atoms with Crippen molar-refractivity contribution in [3.63, 3.8) is 0 Å². The molecule has 3 heterocycles. The molecule has 1 atom stereocenters. The van der Waals surface area contributed by atoms with Crippen LogP contribution in [0.2, 0.25) is 0 Å². The molecule has 1 N–H and O–H groups in total. The van der Waals surface area contributed by atoms with Gasteiger partial charge >= 0.3 is 0 Å². The molecule has 8 nitrogen and oxygen atoms in total. The quantitative estimate of drug-likeness (QED) is 0.546. The molecule has 36 heavy (non-hydrogen) atoms. The standard InChI is InChI=1S/C28H34N4O4/c1-20(26(33)29-11-14-31-15-17-35-18-16-31)21-9-12-32(13-10-21)28(34)23-7-8-24-25(19-23)36-27(30-24)22-5-3-2-4-6-22/h2-8,19-21H,9-18H2,1H3,(H,29,33). The van der Waals surface area contributed by atoms with Crippen LogP contribution in [-0.4, -0.2) is 79.1 Å². The molecule has 1 aromatic heterocycles. The molecule has 0 aliphatic carbocycles. The summed E-state index contributed by atoms with van der Waals surface area (Å²) in [4.78, 5) is 34.6. The molecule has 5 rings (SSSR count). The molecule has 0 spiro atoms. The number of hydrogen-bond donors (Lipinski definition) is 1. The van der Waals surface area contributed by atoms with Crippen molar-refractivity contribution in [2.45, 2.75) is 19.8 Å². The van der Waals surface area contributed by atoms with E-state index in [1.54, 1.807) is 6.07 Å². The molecule has 0 bridgehead atoms. The maximum absolute atomic E-state index is 13.2. The first kappa shape index (κ1) is 24.5. The number of carbonyl (C=O) groups excluding carboxylic acids is 2. The van der Waals surface area contributed by atoms with E-state index in [9.17, 15) is 9.59 Å². The number of oxazole rings is 1. The summed E-state index contributed by atoms with van der Waals surface area (Å²) in [7, 11) is 0. The van der Waals surface area contributed by atoms with Gasteiger partial charge in [0.2, 0.25) is 11.8 Å². The summed E-state index contributed by atoms with van der Waals surface area (Å²) in [5.41, 5.74) is 2.85. The first-order valence-corrected chi connectivity index (χ1v) is 12.9. The Hall–Kier alpha value is -3.23. The number of benzene rings is 2. The highest BCUT2D eigenvalue weighted by atomic mass is 16.5. The van der Waals surface area contributed by atoms with Gasteiger partial charge in [0.1, 0.15) is 5.52 Å². The highest BCUT2D eigenvalue weighted by Crippen LogP contribution is 2.28. The van der Waals surface area contributed by atoms with E-state index in [-0.39, 0.29) is 23.7 Å². The van der Waals surface area contributed by atoms with Gasteiger partial charge < -0.3 is 19.4 Å². The molecule has 2 amide bonds. The number of carbonyl (C=O) groups is 2. The van der Waals surface area contributed by atoms with E-state index in [1.807, 2.05) is 54.3 Å². The first-order chi connectivity index (χ1) is 17.6. The molecular weight excluding hydrogens is 456 g/mol. The van der Waals surface area contributed by atoms with Gasteiger partial charge in [0.25, 0.3) is 5.91 Å². The maximum Gasteiger partial charge on any atom is 0.253 e. The zero-order valence-corrected chi connectivity index (χ0v) is 20.8. The fourth-order valence-electron chi connectivity index (χ4n) is 5.08. The lowest BCUT2D eigenvalue weighted by Crippen LogP contribution is -2.45. The third kappa shape index (κ3) is 5.60. The second-order valence-corrected chi connectivity index (χ2v) is 9.73. The largest absolute Gasteiger partial charge is 0.436 e. The number of amides is 2. The number of aromatic nitrogens is 1. The van der Waals surface area contributed by atoms with Gasteiger partial charge in [0.15, 0.2) is 5.58 Å². The Bertz CT molecular complexity index is 1180. The molecule has 0 radical (unpaired) electrons. The van der Waals surface area contributed by atoms with Crippen LogP contribution in [0.15, 0.2) is 52.9 Å². The van der Waals surface area contributed by atoms with Crippen molar-refractivity contribution in [1.82, 2.24) is 20.1 Å². The van der Waals surface area contributed by atoms with Crippen molar-refractivity contribution in [2.24, 2.45) is 11.8 Å². The van der Waals surface area contributed by atoms with E-state index in [0.717, 1.165) is 56.8 Å². The first-order valence-electron chi connectivity index (χ1n) is 12.9. The third-order valence-electron chi connectivity index (χ3n) is 7.43. The van der Waals surface area contributed by atoms with Gasteiger partial charge in [-0.3, -0.25) is 14.5 Å². The van der Waals surface area contributed by atoms with E-state index in [1.165, 1.54) is 0 Å². The predicted molar refractivity (Wildman–Crippen MR) is 138 cm³/mol. The van der Waals surface area contributed by atoms with Crippen LogP contribution in [0.3, 0.4) is 0 Å². The molecule has 2 saturated heterocycles. The van der Waals surface area contributed by atoms with Gasteiger partial charge in [-0.1, -0.05) is 25.1 Å². The number of fused-ring (bicyclic) bond motifs is 1. The average molecular weight is 491 g/mol. The molecule has 190 valence electrons. The van der Waals surface area contributed by atoms with Gasteiger partial charge in [0.05, 0.1) is 13.2 Å². The zero-order chi connectivity index (χ0) is 24.9. The van der Waals surface area contributed by atoms with E-state index in [0.29, 0.717) is 36.7 Å². The summed E-state index contributed by atoms with van der Waals surface area (Å²) in [5.74, 6) is 0.874. The van der Waals surface area contributed by atoms with E-state index in [4.69, 9.17) is 9.15 Å². The lowest BCUT2D eigenvalue weighted by Gasteiger charge is -2.34. The normalized spacial score (nSPS) is 18.3. The second kappa shape index (κ2) is 11.2. The third-order valence-corrected chi connectivity index (χ3v) is 7.43. The summed E-state index contributed by atoms with van der Waals surface area (Å²) >= 11 is 0. The van der Waals surface area contributed by atoms with Crippen LogP contribution in [-0.2, 0) is 9.53 Å². The van der Waals surface area contributed by atoms with E-state index in [2.05, 4.69) is 15.2 Å². The highest BCUT2D eigenvalue weighted by molar-refractivity contribution is 5.97. The minimum atomic E-state index is -0.0612. The Morgan fingerprint density at radius 3 is 2.56 bits per heavy atom. The van der Waals surface area contributed by atoms with Crippen molar-refractivity contribution in [2.75, 3.05) is 52.5 Å². The van der Waals surface area contributed by atoms with E-state index >= 15 is 0 Å². The lowest BCUT2D eigenvalue weighted by atomic mass is 9.84. The summed E-state index contributed by atoms with van der Waals surface area (Å²) in [5, 5.41) is 3.10. The molecule has 0 saturated carbocycles. The highest BCUT2D eigenvalue weighted by Gasteiger charge is 2.30. The molecular formula is C28H34N4O4. The number of nitrogens with zero attached hydrogens (tertiary/aromatic N) is 3. The second-order valence-electron chi connectivity index (χ2n) is 9.73. The fourth-order valence-corrected chi connectivity index (χ4v) is 5.08. The summed E-state index contributed by atoms with van der Waals surface area (Å²) < 4.78 is 11.3.